The van der Waals surface area contributed by atoms with Crippen molar-refractivity contribution in [3.8, 4) is 11.5 Å². The minimum Gasteiger partial charge on any atom is -0.486 e. The molecular weight excluding hydrogens is 396 g/mol. The molecule has 3 heterocycles. The van der Waals surface area contributed by atoms with Crippen molar-refractivity contribution < 1.29 is 19.0 Å². The Morgan fingerprint density at radius 2 is 2.10 bits per heavy atom. The van der Waals surface area contributed by atoms with E-state index in [0.717, 1.165) is 5.56 Å². The number of ether oxygens (including phenoxy) is 3. The Hall–Kier alpha value is -3.32. The highest BCUT2D eigenvalue weighted by Gasteiger charge is 2.16. The SMILES string of the molecule is Cc1ccc2nc(COC(=O)/C=C/c3cc(Cl)c4c(c3)OCCO4)cc(=O)n2c1. The van der Waals surface area contributed by atoms with Gasteiger partial charge in [0.25, 0.3) is 5.56 Å². The number of fused-ring (bicyclic) bond motifs is 2. The number of hydrogen-bond acceptors (Lipinski definition) is 6. The number of aromatic nitrogens is 2. The number of hydrogen-bond donors (Lipinski definition) is 0. The van der Waals surface area contributed by atoms with E-state index in [4.69, 9.17) is 25.8 Å². The van der Waals surface area contributed by atoms with Gasteiger partial charge in [0.15, 0.2) is 11.5 Å². The smallest absolute Gasteiger partial charge is 0.331 e. The van der Waals surface area contributed by atoms with Crippen LogP contribution in [-0.2, 0) is 16.1 Å². The van der Waals surface area contributed by atoms with Crippen molar-refractivity contribution in [3.05, 3.63) is 74.8 Å². The van der Waals surface area contributed by atoms with Crippen LogP contribution in [0.15, 0.2) is 47.4 Å². The highest BCUT2D eigenvalue weighted by Crippen LogP contribution is 2.38. The molecule has 1 aromatic carbocycles. The van der Waals surface area contributed by atoms with Gasteiger partial charge < -0.3 is 14.2 Å². The van der Waals surface area contributed by atoms with Gasteiger partial charge in [0.2, 0.25) is 0 Å². The second kappa shape index (κ2) is 7.97. The maximum atomic E-state index is 12.2. The third-order valence-corrected chi connectivity index (χ3v) is 4.53. The largest absolute Gasteiger partial charge is 0.486 e. The standard InChI is InChI=1S/C21H17ClN2O5/c1-13-2-4-18-23-15(10-19(25)24(18)11-13)12-29-20(26)5-3-14-8-16(22)21-17(9-14)27-6-7-28-21/h2-5,8-11H,6-7,12H2,1H3/b5-3+. The molecule has 4 rings (SSSR count). The summed E-state index contributed by atoms with van der Waals surface area (Å²) in [5, 5.41) is 0.409. The van der Waals surface area contributed by atoms with E-state index in [2.05, 4.69) is 4.98 Å². The van der Waals surface area contributed by atoms with Crippen molar-refractivity contribution in [2.24, 2.45) is 0 Å². The molecule has 0 unspecified atom stereocenters. The molecule has 148 valence electrons. The number of nitrogens with zero attached hydrogens (tertiary/aromatic N) is 2. The highest BCUT2D eigenvalue weighted by molar-refractivity contribution is 6.32. The van der Waals surface area contributed by atoms with Gasteiger partial charge in [-0.25, -0.2) is 9.78 Å². The third-order valence-electron chi connectivity index (χ3n) is 4.25. The number of rotatable bonds is 4. The van der Waals surface area contributed by atoms with Gasteiger partial charge in [-0.15, -0.1) is 0 Å². The first-order valence-corrected chi connectivity index (χ1v) is 9.30. The number of carbonyl (C=O) groups excluding carboxylic acids is 1. The molecule has 0 fully saturated rings. The lowest BCUT2D eigenvalue weighted by Gasteiger charge is -2.19. The summed E-state index contributed by atoms with van der Waals surface area (Å²) in [6, 6.07) is 8.36. The molecule has 0 N–H and O–H groups in total. The lowest BCUT2D eigenvalue weighted by atomic mass is 10.2. The Balaban J connectivity index is 1.44. The van der Waals surface area contributed by atoms with Crippen molar-refractivity contribution in [1.82, 2.24) is 9.38 Å². The van der Waals surface area contributed by atoms with Crippen LogP contribution in [-0.4, -0.2) is 28.6 Å². The Kier molecular flexibility index (Phi) is 5.22. The summed E-state index contributed by atoms with van der Waals surface area (Å²) in [6.45, 7) is 2.67. The molecule has 0 saturated heterocycles. The molecule has 8 heteroatoms. The van der Waals surface area contributed by atoms with Gasteiger partial charge in [-0.2, -0.15) is 0 Å². The predicted molar refractivity (Wildman–Crippen MR) is 107 cm³/mol. The van der Waals surface area contributed by atoms with E-state index in [1.165, 1.54) is 16.5 Å². The number of halogens is 1. The second-order valence-electron chi connectivity index (χ2n) is 6.49. The summed E-state index contributed by atoms with van der Waals surface area (Å²) in [5.41, 5.74) is 2.27. The Morgan fingerprint density at radius 3 is 2.97 bits per heavy atom. The van der Waals surface area contributed by atoms with Crippen LogP contribution in [0.2, 0.25) is 5.02 Å². The van der Waals surface area contributed by atoms with Crippen LogP contribution in [0, 0.1) is 6.92 Å². The average molecular weight is 413 g/mol. The molecular formula is C21H17ClN2O5. The van der Waals surface area contributed by atoms with Crippen molar-refractivity contribution >= 4 is 29.3 Å². The van der Waals surface area contributed by atoms with Crippen molar-refractivity contribution in [2.75, 3.05) is 13.2 Å². The maximum Gasteiger partial charge on any atom is 0.331 e. The molecule has 0 aliphatic carbocycles. The van der Waals surface area contributed by atoms with E-state index >= 15 is 0 Å². The first-order chi connectivity index (χ1) is 14.0. The lowest BCUT2D eigenvalue weighted by molar-refractivity contribution is -0.139. The van der Waals surface area contributed by atoms with E-state index < -0.39 is 5.97 Å². The maximum absolute atomic E-state index is 12.2. The molecule has 0 spiro atoms. The first-order valence-electron chi connectivity index (χ1n) is 8.92. The van der Waals surface area contributed by atoms with Crippen LogP contribution in [0.1, 0.15) is 16.8 Å². The van der Waals surface area contributed by atoms with Gasteiger partial charge in [0.05, 0.1) is 10.7 Å². The summed E-state index contributed by atoms with van der Waals surface area (Å²) >= 11 is 6.18. The molecule has 0 bridgehead atoms. The molecule has 2 aromatic heterocycles. The quantitative estimate of drug-likeness (QED) is 0.483. The number of aryl methyl sites for hydroxylation is 1. The molecule has 7 nitrogen and oxygen atoms in total. The number of pyridine rings is 1. The molecule has 0 amide bonds. The van der Waals surface area contributed by atoms with Crippen LogP contribution in [0.25, 0.3) is 11.7 Å². The summed E-state index contributed by atoms with van der Waals surface area (Å²) in [7, 11) is 0. The van der Waals surface area contributed by atoms with Crippen molar-refractivity contribution in [2.45, 2.75) is 13.5 Å². The Morgan fingerprint density at radius 1 is 1.28 bits per heavy atom. The van der Waals surface area contributed by atoms with Crippen molar-refractivity contribution in [1.29, 1.82) is 0 Å². The van der Waals surface area contributed by atoms with Gasteiger partial charge in [-0.1, -0.05) is 17.7 Å². The number of benzene rings is 1. The average Bonchev–Trinajstić information content (AvgIpc) is 2.71. The fourth-order valence-electron chi connectivity index (χ4n) is 2.92. The molecule has 1 aliphatic heterocycles. The van der Waals surface area contributed by atoms with Crippen LogP contribution >= 0.6 is 11.6 Å². The molecule has 0 radical (unpaired) electrons. The zero-order chi connectivity index (χ0) is 20.4. The van der Waals surface area contributed by atoms with Gasteiger partial charge in [0.1, 0.15) is 25.5 Å². The molecule has 0 atom stereocenters. The molecule has 0 saturated carbocycles. The lowest BCUT2D eigenvalue weighted by Crippen LogP contribution is -2.16. The minimum atomic E-state index is -0.568. The van der Waals surface area contributed by atoms with Gasteiger partial charge in [-0.3, -0.25) is 9.20 Å². The minimum absolute atomic E-state index is 0.106. The van der Waals surface area contributed by atoms with Gasteiger partial charge in [0, 0.05) is 18.3 Å². The summed E-state index contributed by atoms with van der Waals surface area (Å²) in [4.78, 5) is 28.6. The van der Waals surface area contributed by atoms with E-state index in [1.807, 2.05) is 13.0 Å². The predicted octanol–water partition coefficient (Wildman–Crippen LogP) is 3.18. The van der Waals surface area contributed by atoms with E-state index in [1.54, 1.807) is 30.5 Å². The van der Waals surface area contributed by atoms with Crippen molar-refractivity contribution in [3.63, 3.8) is 0 Å². The zero-order valence-electron chi connectivity index (χ0n) is 15.6. The van der Waals surface area contributed by atoms with Gasteiger partial charge >= 0.3 is 5.97 Å². The highest BCUT2D eigenvalue weighted by atomic mass is 35.5. The zero-order valence-corrected chi connectivity index (χ0v) is 16.3. The van der Waals surface area contributed by atoms with E-state index in [-0.39, 0.29) is 12.2 Å². The second-order valence-corrected chi connectivity index (χ2v) is 6.90. The molecule has 29 heavy (non-hydrogen) atoms. The molecule has 3 aromatic rings. The van der Waals surface area contributed by atoms with Gasteiger partial charge in [-0.05, 0) is 42.3 Å². The topological polar surface area (TPSA) is 79.1 Å². The van der Waals surface area contributed by atoms with Crippen LogP contribution < -0.4 is 15.0 Å². The number of esters is 1. The fourth-order valence-corrected chi connectivity index (χ4v) is 3.19. The Labute approximate surface area is 171 Å². The Bertz CT molecular complexity index is 1190. The third kappa shape index (κ3) is 4.25. The first kappa shape index (κ1) is 19.0. The van der Waals surface area contributed by atoms with Crippen LogP contribution in [0.5, 0.6) is 11.5 Å². The van der Waals surface area contributed by atoms with E-state index in [0.29, 0.717) is 46.6 Å². The summed E-state index contributed by atoms with van der Waals surface area (Å²) < 4.78 is 17.6. The van der Waals surface area contributed by atoms with E-state index in [9.17, 15) is 9.59 Å². The number of carbonyl (C=O) groups is 1. The molecule has 1 aliphatic rings. The van der Waals surface area contributed by atoms with Crippen LogP contribution in [0.3, 0.4) is 0 Å². The summed E-state index contributed by atoms with van der Waals surface area (Å²) in [6.07, 6.45) is 4.55. The fraction of sp³-hybridized carbons (Fsp3) is 0.190. The monoisotopic (exact) mass is 412 g/mol. The normalized spacial score (nSPS) is 13.0. The summed E-state index contributed by atoms with van der Waals surface area (Å²) in [5.74, 6) is 0.469. The van der Waals surface area contributed by atoms with Crippen LogP contribution in [0.4, 0.5) is 0 Å².